The van der Waals surface area contributed by atoms with E-state index in [0.29, 0.717) is 36.7 Å². The molecule has 2 aromatic carbocycles. The Morgan fingerprint density at radius 1 is 1.04 bits per heavy atom. The van der Waals surface area contributed by atoms with Gasteiger partial charge in [-0.1, -0.05) is 37.3 Å². The molecule has 150 valence electrons. The summed E-state index contributed by atoms with van der Waals surface area (Å²) in [6.45, 7) is 4.89. The molecule has 5 heteroatoms. The van der Waals surface area contributed by atoms with Crippen LogP contribution in [-0.2, 0) is 11.2 Å². The Kier molecular flexibility index (Phi) is 6.70. The van der Waals surface area contributed by atoms with Crippen LogP contribution in [0.3, 0.4) is 0 Å². The van der Waals surface area contributed by atoms with E-state index in [-0.39, 0.29) is 5.78 Å². The number of hydrogen-bond acceptors (Lipinski definition) is 5. The number of methoxy groups -OCH3 is 2. The minimum Gasteiger partial charge on any atom is -0.493 e. The normalized spacial score (nSPS) is 17.0. The number of hydrogen-bond donors (Lipinski definition) is 0. The van der Waals surface area contributed by atoms with Crippen molar-refractivity contribution in [2.45, 2.75) is 25.3 Å². The summed E-state index contributed by atoms with van der Waals surface area (Å²) in [5.74, 6) is 1.30. The third kappa shape index (κ3) is 4.05. The summed E-state index contributed by atoms with van der Waals surface area (Å²) < 4.78 is 16.3. The number of carbonyl (C=O) groups is 1. The fourth-order valence-electron chi connectivity index (χ4n) is 4.02. The lowest BCUT2D eigenvalue weighted by Gasteiger charge is -2.44. The minimum atomic E-state index is -0.620. The van der Waals surface area contributed by atoms with E-state index >= 15 is 0 Å². The van der Waals surface area contributed by atoms with Crippen LogP contribution in [0, 0.1) is 0 Å². The molecule has 1 saturated heterocycles. The van der Waals surface area contributed by atoms with Gasteiger partial charge in [-0.3, -0.25) is 9.69 Å². The van der Waals surface area contributed by atoms with E-state index in [2.05, 4.69) is 24.0 Å². The van der Waals surface area contributed by atoms with E-state index in [0.717, 1.165) is 25.1 Å². The van der Waals surface area contributed by atoms with Gasteiger partial charge in [-0.05, 0) is 36.6 Å². The highest BCUT2D eigenvalue weighted by atomic mass is 16.5. The second-order valence-corrected chi connectivity index (χ2v) is 7.05. The maximum Gasteiger partial charge on any atom is 0.183 e. The lowest BCUT2D eigenvalue weighted by Crippen LogP contribution is -2.59. The smallest absolute Gasteiger partial charge is 0.183 e. The van der Waals surface area contributed by atoms with Crippen molar-refractivity contribution in [3.63, 3.8) is 0 Å². The fourth-order valence-corrected chi connectivity index (χ4v) is 4.02. The summed E-state index contributed by atoms with van der Waals surface area (Å²) in [5.41, 5.74) is 1.18. The molecule has 0 aliphatic carbocycles. The van der Waals surface area contributed by atoms with Gasteiger partial charge in [0.05, 0.1) is 33.0 Å². The summed E-state index contributed by atoms with van der Waals surface area (Å²) in [4.78, 5) is 16.2. The molecule has 2 aromatic rings. The molecular formula is C23H29NO4. The summed E-state index contributed by atoms with van der Waals surface area (Å²) in [5, 5.41) is 0. The van der Waals surface area contributed by atoms with E-state index < -0.39 is 5.54 Å². The van der Waals surface area contributed by atoms with Crippen molar-refractivity contribution in [2.24, 2.45) is 0 Å². The van der Waals surface area contributed by atoms with Gasteiger partial charge in [0.1, 0.15) is 0 Å². The molecule has 1 heterocycles. The van der Waals surface area contributed by atoms with Crippen LogP contribution < -0.4 is 9.47 Å². The average molecular weight is 383 g/mol. The van der Waals surface area contributed by atoms with Crippen LogP contribution >= 0.6 is 0 Å². The van der Waals surface area contributed by atoms with Gasteiger partial charge in [-0.2, -0.15) is 0 Å². The number of nitrogens with zero attached hydrogens (tertiary/aromatic N) is 1. The molecule has 1 aliphatic rings. The summed E-state index contributed by atoms with van der Waals surface area (Å²) in [6, 6.07) is 15.7. The van der Waals surface area contributed by atoms with Crippen LogP contribution in [0.4, 0.5) is 0 Å². The van der Waals surface area contributed by atoms with Crippen LogP contribution in [0.2, 0.25) is 0 Å². The van der Waals surface area contributed by atoms with Crippen molar-refractivity contribution in [3.05, 3.63) is 59.7 Å². The van der Waals surface area contributed by atoms with Crippen molar-refractivity contribution in [1.29, 1.82) is 0 Å². The zero-order chi connectivity index (χ0) is 20.0. The standard InChI is InChI=1S/C23H29NO4/c1-4-23(24-12-14-28-15-13-24,17-18-8-6-5-7-9-18)22(25)19-10-11-20(26-2)21(16-19)27-3/h5-11,16H,4,12-15,17H2,1-3H3. The van der Waals surface area contributed by atoms with Gasteiger partial charge in [0.2, 0.25) is 0 Å². The molecule has 0 aromatic heterocycles. The molecule has 5 nitrogen and oxygen atoms in total. The molecule has 0 amide bonds. The molecule has 1 unspecified atom stereocenters. The molecular weight excluding hydrogens is 354 g/mol. The van der Waals surface area contributed by atoms with Crippen LogP contribution in [0.1, 0.15) is 29.3 Å². The van der Waals surface area contributed by atoms with Crippen molar-refractivity contribution < 1.29 is 19.0 Å². The quantitative estimate of drug-likeness (QED) is 0.652. The highest BCUT2D eigenvalue weighted by Crippen LogP contribution is 2.34. The van der Waals surface area contributed by atoms with Crippen molar-refractivity contribution in [2.75, 3.05) is 40.5 Å². The second-order valence-electron chi connectivity index (χ2n) is 7.05. The maximum absolute atomic E-state index is 13.9. The number of carbonyl (C=O) groups excluding carboxylic acids is 1. The van der Waals surface area contributed by atoms with Gasteiger partial charge >= 0.3 is 0 Å². The second kappa shape index (κ2) is 9.22. The summed E-state index contributed by atoms with van der Waals surface area (Å²) >= 11 is 0. The van der Waals surface area contributed by atoms with E-state index in [1.54, 1.807) is 26.4 Å². The van der Waals surface area contributed by atoms with Crippen LogP contribution in [-0.4, -0.2) is 56.7 Å². The number of morpholine rings is 1. The van der Waals surface area contributed by atoms with E-state index in [1.807, 2.05) is 24.3 Å². The third-order valence-electron chi connectivity index (χ3n) is 5.61. The maximum atomic E-state index is 13.9. The first kappa shape index (κ1) is 20.4. The van der Waals surface area contributed by atoms with Gasteiger partial charge in [0.25, 0.3) is 0 Å². The molecule has 0 N–H and O–H groups in total. The summed E-state index contributed by atoms with van der Waals surface area (Å²) in [6.07, 6.45) is 1.38. The van der Waals surface area contributed by atoms with Gasteiger partial charge in [0, 0.05) is 18.7 Å². The Hall–Kier alpha value is -2.37. The fraction of sp³-hybridized carbons (Fsp3) is 0.435. The molecule has 3 rings (SSSR count). The average Bonchev–Trinajstić information content (AvgIpc) is 2.77. The number of Topliss-reactive ketones (excluding diaryl/α,β-unsaturated/α-hetero) is 1. The Morgan fingerprint density at radius 3 is 2.32 bits per heavy atom. The number of rotatable bonds is 8. The molecule has 28 heavy (non-hydrogen) atoms. The lowest BCUT2D eigenvalue weighted by atomic mass is 9.79. The van der Waals surface area contributed by atoms with Crippen molar-refractivity contribution in [3.8, 4) is 11.5 Å². The number of benzene rings is 2. The zero-order valence-electron chi connectivity index (χ0n) is 16.9. The molecule has 0 bridgehead atoms. The highest BCUT2D eigenvalue weighted by Gasteiger charge is 2.43. The molecule has 0 saturated carbocycles. The molecule has 1 fully saturated rings. The molecule has 1 aliphatic heterocycles. The lowest BCUT2D eigenvalue weighted by molar-refractivity contribution is -0.0163. The molecule has 0 spiro atoms. The van der Waals surface area contributed by atoms with Gasteiger partial charge in [-0.15, -0.1) is 0 Å². The van der Waals surface area contributed by atoms with E-state index in [1.165, 1.54) is 0 Å². The van der Waals surface area contributed by atoms with E-state index in [9.17, 15) is 4.79 Å². The Bertz CT molecular complexity index is 786. The summed E-state index contributed by atoms with van der Waals surface area (Å²) in [7, 11) is 3.18. The Labute approximate surface area is 167 Å². The van der Waals surface area contributed by atoms with Crippen molar-refractivity contribution in [1.82, 2.24) is 4.90 Å². The Morgan fingerprint density at radius 2 is 1.71 bits per heavy atom. The van der Waals surface area contributed by atoms with E-state index in [4.69, 9.17) is 14.2 Å². The predicted molar refractivity (Wildman–Crippen MR) is 109 cm³/mol. The Balaban J connectivity index is 2.03. The topological polar surface area (TPSA) is 48.0 Å². The van der Waals surface area contributed by atoms with Crippen molar-refractivity contribution >= 4 is 5.78 Å². The first-order valence-corrected chi connectivity index (χ1v) is 9.78. The monoisotopic (exact) mass is 383 g/mol. The molecule has 1 atom stereocenters. The first-order valence-electron chi connectivity index (χ1n) is 9.78. The SMILES string of the molecule is CCC(Cc1ccccc1)(C(=O)c1ccc(OC)c(OC)c1)N1CCOCC1. The first-order chi connectivity index (χ1) is 13.6. The zero-order valence-corrected chi connectivity index (χ0v) is 16.9. The third-order valence-corrected chi connectivity index (χ3v) is 5.61. The van der Waals surface area contributed by atoms with Gasteiger partial charge in [0.15, 0.2) is 17.3 Å². The minimum absolute atomic E-state index is 0.113. The van der Waals surface area contributed by atoms with Crippen LogP contribution in [0.15, 0.2) is 48.5 Å². The van der Waals surface area contributed by atoms with Gasteiger partial charge in [-0.25, -0.2) is 0 Å². The van der Waals surface area contributed by atoms with Crippen LogP contribution in [0.5, 0.6) is 11.5 Å². The highest BCUT2D eigenvalue weighted by molar-refractivity contribution is 6.04. The van der Waals surface area contributed by atoms with Crippen LogP contribution in [0.25, 0.3) is 0 Å². The largest absolute Gasteiger partial charge is 0.493 e. The number of ketones is 1. The molecule has 0 radical (unpaired) electrons. The number of ether oxygens (including phenoxy) is 3. The van der Waals surface area contributed by atoms with Gasteiger partial charge < -0.3 is 14.2 Å². The predicted octanol–water partition coefficient (Wildman–Crippen LogP) is 3.61.